The van der Waals surface area contributed by atoms with E-state index in [1.807, 2.05) is 19.1 Å². The van der Waals surface area contributed by atoms with Crippen LogP contribution in [0, 0.1) is 6.92 Å². The Morgan fingerprint density at radius 2 is 2.00 bits per heavy atom. The van der Waals surface area contributed by atoms with E-state index in [1.165, 1.54) is 0 Å². The highest BCUT2D eigenvalue weighted by Crippen LogP contribution is 2.29. The van der Waals surface area contributed by atoms with Crippen LogP contribution < -0.4 is 15.2 Å². The van der Waals surface area contributed by atoms with Gasteiger partial charge in [-0.1, -0.05) is 0 Å². The molecule has 18 heavy (non-hydrogen) atoms. The molecule has 0 saturated heterocycles. The summed E-state index contributed by atoms with van der Waals surface area (Å²) >= 11 is 0. The quantitative estimate of drug-likeness (QED) is 0.846. The fraction of sp³-hybridized carbons (Fsp3) is 0.462. The Morgan fingerprint density at radius 1 is 1.33 bits per heavy atom. The molecule has 1 aromatic carbocycles. The summed E-state index contributed by atoms with van der Waals surface area (Å²) in [6.07, 6.45) is 0. The third kappa shape index (κ3) is 3.13. The zero-order chi connectivity index (χ0) is 13.7. The molecule has 1 aromatic rings. The fourth-order valence-corrected chi connectivity index (χ4v) is 1.74. The van der Waals surface area contributed by atoms with E-state index in [4.69, 9.17) is 15.2 Å². The topological polar surface area (TPSA) is 64.8 Å². The number of ether oxygens (including phenoxy) is 2. The molecule has 0 bridgehead atoms. The van der Waals surface area contributed by atoms with Crippen molar-refractivity contribution in [2.75, 3.05) is 27.8 Å². The van der Waals surface area contributed by atoms with Gasteiger partial charge < -0.3 is 20.1 Å². The SMILES string of the molecule is COc1cc(C)c(CN(C)C(=O)CN)c(OC)c1. The monoisotopic (exact) mass is 252 g/mol. The van der Waals surface area contributed by atoms with Crippen LogP contribution in [0.2, 0.25) is 0 Å². The van der Waals surface area contributed by atoms with Crippen molar-refractivity contribution >= 4 is 5.91 Å². The number of likely N-dealkylation sites (N-methyl/N-ethyl adjacent to an activating group) is 1. The predicted molar refractivity (Wildman–Crippen MR) is 69.8 cm³/mol. The number of benzene rings is 1. The van der Waals surface area contributed by atoms with E-state index in [1.54, 1.807) is 26.2 Å². The van der Waals surface area contributed by atoms with Gasteiger partial charge in [-0.3, -0.25) is 4.79 Å². The van der Waals surface area contributed by atoms with Crippen LogP contribution >= 0.6 is 0 Å². The largest absolute Gasteiger partial charge is 0.497 e. The molecule has 0 spiro atoms. The van der Waals surface area contributed by atoms with E-state index < -0.39 is 0 Å². The first-order valence-corrected chi connectivity index (χ1v) is 5.69. The van der Waals surface area contributed by atoms with Crippen molar-refractivity contribution in [3.05, 3.63) is 23.3 Å². The summed E-state index contributed by atoms with van der Waals surface area (Å²) in [5.41, 5.74) is 7.32. The summed E-state index contributed by atoms with van der Waals surface area (Å²) in [5.74, 6) is 1.34. The number of nitrogens with two attached hydrogens (primary N) is 1. The maximum absolute atomic E-state index is 11.5. The molecular weight excluding hydrogens is 232 g/mol. The minimum atomic E-state index is -0.104. The molecule has 0 aliphatic carbocycles. The van der Waals surface area contributed by atoms with Crippen molar-refractivity contribution in [1.82, 2.24) is 4.90 Å². The number of hydrogen-bond donors (Lipinski definition) is 1. The zero-order valence-corrected chi connectivity index (χ0v) is 11.3. The number of nitrogens with zero attached hydrogens (tertiary/aromatic N) is 1. The molecule has 100 valence electrons. The van der Waals surface area contributed by atoms with Crippen molar-refractivity contribution in [2.24, 2.45) is 5.73 Å². The van der Waals surface area contributed by atoms with Gasteiger partial charge in [0.2, 0.25) is 5.91 Å². The molecule has 0 aromatic heterocycles. The average Bonchev–Trinajstić information content (AvgIpc) is 2.39. The Bertz CT molecular complexity index is 432. The number of carbonyl (C=O) groups is 1. The molecule has 0 saturated carbocycles. The fourth-order valence-electron chi connectivity index (χ4n) is 1.74. The molecule has 0 unspecified atom stereocenters. The molecule has 1 rings (SSSR count). The Kier molecular flexibility index (Phi) is 4.97. The average molecular weight is 252 g/mol. The van der Waals surface area contributed by atoms with Gasteiger partial charge in [-0.15, -0.1) is 0 Å². The summed E-state index contributed by atoms with van der Waals surface area (Å²) in [7, 11) is 4.93. The summed E-state index contributed by atoms with van der Waals surface area (Å²) < 4.78 is 10.5. The highest BCUT2D eigenvalue weighted by atomic mass is 16.5. The van der Waals surface area contributed by atoms with E-state index in [0.29, 0.717) is 12.3 Å². The maximum Gasteiger partial charge on any atom is 0.236 e. The molecular formula is C13H20N2O3. The smallest absolute Gasteiger partial charge is 0.236 e. The standard InChI is InChI=1S/C13H20N2O3/c1-9-5-10(17-3)6-12(18-4)11(9)8-15(2)13(16)7-14/h5-6H,7-8,14H2,1-4H3. The van der Waals surface area contributed by atoms with Gasteiger partial charge in [0, 0.05) is 25.2 Å². The predicted octanol–water partition coefficient (Wildman–Crippen LogP) is 0.929. The van der Waals surface area contributed by atoms with Crippen LogP contribution in [0.1, 0.15) is 11.1 Å². The van der Waals surface area contributed by atoms with Crippen LogP contribution in [0.25, 0.3) is 0 Å². The molecule has 0 aliphatic rings. The molecule has 5 nitrogen and oxygen atoms in total. The first-order chi connectivity index (χ1) is 8.53. The number of rotatable bonds is 5. The minimum absolute atomic E-state index is 0.00795. The highest BCUT2D eigenvalue weighted by molar-refractivity contribution is 5.77. The number of aryl methyl sites for hydroxylation is 1. The molecule has 5 heteroatoms. The van der Waals surface area contributed by atoms with Crippen molar-refractivity contribution < 1.29 is 14.3 Å². The number of amides is 1. The van der Waals surface area contributed by atoms with Gasteiger partial charge in [0.05, 0.1) is 20.8 Å². The molecule has 0 aliphatic heterocycles. The normalized spacial score (nSPS) is 10.1. The van der Waals surface area contributed by atoms with Gasteiger partial charge in [0.1, 0.15) is 11.5 Å². The van der Waals surface area contributed by atoms with Crippen LogP contribution in [0.4, 0.5) is 0 Å². The highest BCUT2D eigenvalue weighted by Gasteiger charge is 2.14. The zero-order valence-electron chi connectivity index (χ0n) is 11.3. The lowest BCUT2D eigenvalue weighted by Crippen LogP contribution is -2.32. The lowest BCUT2D eigenvalue weighted by molar-refractivity contribution is -0.128. The lowest BCUT2D eigenvalue weighted by Gasteiger charge is -2.20. The molecule has 2 N–H and O–H groups in total. The number of methoxy groups -OCH3 is 2. The van der Waals surface area contributed by atoms with Crippen LogP contribution in [0.5, 0.6) is 11.5 Å². The van der Waals surface area contributed by atoms with E-state index in [0.717, 1.165) is 16.9 Å². The van der Waals surface area contributed by atoms with Gasteiger partial charge in [-0.2, -0.15) is 0 Å². The van der Waals surface area contributed by atoms with E-state index in [2.05, 4.69) is 0 Å². The van der Waals surface area contributed by atoms with Crippen molar-refractivity contribution in [3.63, 3.8) is 0 Å². The summed E-state index contributed by atoms with van der Waals surface area (Å²) in [6.45, 7) is 2.43. The van der Waals surface area contributed by atoms with Gasteiger partial charge in [-0.05, 0) is 18.6 Å². The molecule has 1 amide bonds. The maximum atomic E-state index is 11.5. The summed E-state index contributed by atoms with van der Waals surface area (Å²) in [4.78, 5) is 13.1. The van der Waals surface area contributed by atoms with Crippen molar-refractivity contribution in [2.45, 2.75) is 13.5 Å². The first kappa shape index (κ1) is 14.3. The first-order valence-electron chi connectivity index (χ1n) is 5.69. The second-order valence-corrected chi connectivity index (χ2v) is 4.08. The van der Waals surface area contributed by atoms with Crippen LogP contribution in [0.3, 0.4) is 0 Å². The number of carbonyl (C=O) groups excluding carboxylic acids is 1. The second kappa shape index (κ2) is 6.26. The summed E-state index contributed by atoms with van der Waals surface area (Å²) in [6, 6.07) is 3.72. The van der Waals surface area contributed by atoms with Crippen LogP contribution in [-0.4, -0.2) is 38.6 Å². The van der Waals surface area contributed by atoms with Gasteiger partial charge in [0.15, 0.2) is 0 Å². The van der Waals surface area contributed by atoms with E-state index in [-0.39, 0.29) is 12.5 Å². The summed E-state index contributed by atoms with van der Waals surface area (Å²) in [5, 5.41) is 0. The molecule has 0 radical (unpaired) electrons. The minimum Gasteiger partial charge on any atom is -0.497 e. The lowest BCUT2D eigenvalue weighted by atomic mass is 10.1. The van der Waals surface area contributed by atoms with Gasteiger partial charge >= 0.3 is 0 Å². The number of hydrogen-bond acceptors (Lipinski definition) is 4. The molecule has 0 fully saturated rings. The Morgan fingerprint density at radius 3 is 2.50 bits per heavy atom. The Labute approximate surface area is 107 Å². The van der Waals surface area contributed by atoms with Gasteiger partial charge in [-0.25, -0.2) is 0 Å². The third-order valence-electron chi connectivity index (χ3n) is 2.86. The van der Waals surface area contributed by atoms with Crippen molar-refractivity contribution in [3.8, 4) is 11.5 Å². The van der Waals surface area contributed by atoms with Crippen molar-refractivity contribution in [1.29, 1.82) is 0 Å². The molecule has 0 heterocycles. The van der Waals surface area contributed by atoms with E-state index >= 15 is 0 Å². The Hall–Kier alpha value is -1.75. The second-order valence-electron chi connectivity index (χ2n) is 4.08. The van der Waals surface area contributed by atoms with E-state index in [9.17, 15) is 4.79 Å². The third-order valence-corrected chi connectivity index (χ3v) is 2.86. The van der Waals surface area contributed by atoms with Crippen LogP contribution in [-0.2, 0) is 11.3 Å². The van der Waals surface area contributed by atoms with Crippen LogP contribution in [0.15, 0.2) is 12.1 Å². The Balaban J connectivity index is 3.04. The van der Waals surface area contributed by atoms with Gasteiger partial charge in [0.25, 0.3) is 0 Å². The molecule has 0 atom stereocenters.